The van der Waals surface area contributed by atoms with Crippen LogP contribution in [0.2, 0.25) is 0 Å². The quantitative estimate of drug-likeness (QED) is 0.843. The van der Waals surface area contributed by atoms with Crippen molar-refractivity contribution in [3.63, 3.8) is 0 Å². The van der Waals surface area contributed by atoms with E-state index < -0.39 is 0 Å². The second-order valence-corrected chi connectivity index (χ2v) is 5.76. The number of H-pyrrole nitrogens is 1. The first-order valence-corrected chi connectivity index (χ1v) is 7.66. The zero-order chi connectivity index (χ0) is 11.5. The van der Waals surface area contributed by atoms with Crippen molar-refractivity contribution >= 4 is 24.0 Å². The van der Waals surface area contributed by atoms with Crippen LogP contribution in [0.1, 0.15) is 44.5 Å². The number of aromatic nitrogens is 3. The fraction of sp³-hybridized carbons (Fsp3) is 0.818. The Morgan fingerprint density at radius 2 is 2.25 bits per heavy atom. The summed E-state index contributed by atoms with van der Waals surface area (Å²) in [7, 11) is 0. The number of aromatic amines is 1. The summed E-state index contributed by atoms with van der Waals surface area (Å²) in [6, 6.07) is 0.546. The largest absolute Gasteiger partial charge is 0.300 e. The predicted molar refractivity (Wildman–Crippen MR) is 71.6 cm³/mol. The molecular weight excluding hydrogens is 238 g/mol. The first kappa shape index (κ1) is 12.2. The third-order valence-electron chi connectivity index (χ3n) is 3.40. The van der Waals surface area contributed by atoms with Crippen LogP contribution in [0, 0.1) is 4.77 Å². The van der Waals surface area contributed by atoms with Gasteiger partial charge < -0.3 is 0 Å². The van der Waals surface area contributed by atoms with Gasteiger partial charge in [-0.15, -0.1) is 0 Å². The van der Waals surface area contributed by atoms with Crippen molar-refractivity contribution in [2.75, 3.05) is 6.26 Å². The summed E-state index contributed by atoms with van der Waals surface area (Å²) in [5.74, 6) is 1.11. The topological polar surface area (TPSA) is 33.6 Å². The molecule has 2 rings (SSSR count). The van der Waals surface area contributed by atoms with Crippen LogP contribution in [0.5, 0.6) is 0 Å². The molecule has 16 heavy (non-hydrogen) atoms. The Balaban J connectivity index is 2.33. The van der Waals surface area contributed by atoms with Gasteiger partial charge in [-0.3, -0.25) is 9.67 Å². The highest BCUT2D eigenvalue weighted by atomic mass is 32.2. The van der Waals surface area contributed by atoms with Gasteiger partial charge in [0.05, 0.1) is 0 Å². The molecule has 1 fully saturated rings. The summed E-state index contributed by atoms with van der Waals surface area (Å²) >= 11 is 7.33. The van der Waals surface area contributed by atoms with Crippen LogP contribution in [0.25, 0.3) is 0 Å². The summed E-state index contributed by atoms with van der Waals surface area (Å²) in [5, 5.41) is 7.95. The molecule has 3 nitrogen and oxygen atoms in total. The van der Waals surface area contributed by atoms with Crippen LogP contribution in [-0.4, -0.2) is 26.3 Å². The minimum Gasteiger partial charge on any atom is -0.300 e. The SMILES string of the molecule is CCc1n[nH]c(=S)n1C1CCCCC1SC. The molecule has 0 aromatic carbocycles. The van der Waals surface area contributed by atoms with E-state index in [9.17, 15) is 0 Å². The molecule has 1 heterocycles. The molecule has 1 aromatic heterocycles. The van der Waals surface area contributed by atoms with Crippen molar-refractivity contribution in [3.05, 3.63) is 10.6 Å². The molecule has 0 amide bonds. The van der Waals surface area contributed by atoms with Crippen molar-refractivity contribution in [2.24, 2.45) is 0 Å². The average molecular weight is 257 g/mol. The van der Waals surface area contributed by atoms with Gasteiger partial charge in [0, 0.05) is 17.7 Å². The fourth-order valence-corrected chi connectivity index (χ4v) is 3.84. The van der Waals surface area contributed by atoms with Gasteiger partial charge in [-0.2, -0.15) is 16.9 Å². The Kier molecular flexibility index (Phi) is 4.08. The maximum absolute atomic E-state index is 5.36. The van der Waals surface area contributed by atoms with Crippen molar-refractivity contribution in [3.8, 4) is 0 Å². The monoisotopic (exact) mass is 257 g/mol. The summed E-state index contributed by atoms with van der Waals surface area (Å²) < 4.78 is 3.05. The molecule has 1 saturated carbocycles. The maximum Gasteiger partial charge on any atom is 0.195 e. The Morgan fingerprint density at radius 3 is 2.94 bits per heavy atom. The van der Waals surface area contributed by atoms with Gasteiger partial charge >= 0.3 is 0 Å². The van der Waals surface area contributed by atoms with Crippen LogP contribution in [-0.2, 0) is 6.42 Å². The third kappa shape index (κ3) is 2.20. The second-order valence-electron chi connectivity index (χ2n) is 4.29. The molecule has 0 spiro atoms. The molecule has 1 aromatic rings. The minimum atomic E-state index is 0.546. The Bertz CT molecular complexity index is 396. The number of nitrogens with one attached hydrogen (secondary N) is 1. The first-order chi connectivity index (χ1) is 7.77. The van der Waals surface area contributed by atoms with Crippen molar-refractivity contribution in [1.82, 2.24) is 14.8 Å². The van der Waals surface area contributed by atoms with E-state index in [0.29, 0.717) is 11.3 Å². The van der Waals surface area contributed by atoms with E-state index in [0.717, 1.165) is 17.0 Å². The first-order valence-electron chi connectivity index (χ1n) is 5.96. The van der Waals surface area contributed by atoms with E-state index in [4.69, 9.17) is 12.2 Å². The van der Waals surface area contributed by atoms with Gasteiger partial charge in [0.25, 0.3) is 0 Å². The molecule has 0 saturated heterocycles. The molecule has 0 aliphatic heterocycles. The van der Waals surface area contributed by atoms with E-state index in [-0.39, 0.29) is 0 Å². The minimum absolute atomic E-state index is 0.546. The lowest BCUT2D eigenvalue weighted by Crippen LogP contribution is -2.26. The summed E-state index contributed by atoms with van der Waals surface area (Å²) in [4.78, 5) is 0. The van der Waals surface area contributed by atoms with Crippen molar-refractivity contribution in [1.29, 1.82) is 0 Å². The van der Waals surface area contributed by atoms with Crippen molar-refractivity contribution < 1.29 is 0 Å². The van der Waals surface area contributed by atoms with Gasteiger partial charge in [0.1, 0.15) is 5.82 Å². The Hall–Kier alpha value is -0.290. The normalized spacial score (nSPS) is 25.9. The Morgan fingerprint density at radius 1 is 1.50 bits per heavy atom. The van der Waals surface area contributed by atoms with Crippen LogP contribution >= 0.6 is 24.0 Å². The van der Waals surface area contributed by atoms with Crippen LogP contribution < -0.4 is 0 Å². The number of hydrogen-bond donors (Lipinski definition) is 1. The zero-order valence-electron chi connectivity index (χ0n) is 9.90. The Labute approximate surface area is 106 Å². The molecule has 1 N–H and O–H groups in total. The fourth-order valence-electron chi connectivity index (χ4n) is 2.58. The summed E-state index contributed by atoms with van der Waals surface area (Å²) in [5.41, 5.74) is 0. The van der Waals surface area contributed by atoms with Gasteiger partial charge in [0.2, 0.25) is 0 Å². The van der Waals surface area contributed by atoms with Gasteiger partial charge in [-0.05, 0) is 31.3 Å². The number of rotatable bonds is 3. The van der Waals surface area contributed by atoms with Crippen molar-refractivity contribution in [2.45, 2.75) is 50.3 Å². The van der Waals surface area contributed by atoms with E-state index >= 15 is 0 Å². The molecule has 0 bridgehead atoms. The predicted octanol–water partition coefficient (Wildman–Crippen LogP) is 3.35. The van der Waals surface area contributed by atoms with E-state index in [1.165, 1.54) is 25.7 Å². The third-order valence-corrected chi connectivity index (χ3v) is 4.84. The molecule has 2 atom stereocenters. The maximum atomic E-state index is 5.36. The zero-order valence-corrected chi connectivity index (χ0v) is 11.5. The van der Waals surface area contributed by atoms with Crippen LogP contribution in [0.3, 0.4) is 0 Å². The number of aryl methyl sites for hydroxylation is 1. The van der Waals surface area contributed by atoms with Gasteiger partial charge in [-0.25, -0.2) is 0 Å². The van der Waals surface area contributed by atoms with Gasteiger partial charge in [0.15, 0.2) is 4.77 Å². The second kappa shape index (κ2) is 5.36. The smallest absolute Gasteiger partial charge is 0.195 e. The summed E-state index contributed by atoms with van der Waals surface area (Å²) in [6.07, 6.45) is 8.38. The standard InChI is InChI=1S/C11H19N3S2/c1-3-10-12-13-11(15)14(10)8-6-4-5-7-9(8)16-2/h8-9H,3-7H2,1-2H3,(H,13,15). The molecule has 2 unspecified atom stereocenters. The highest BCUT2D eigenvalue weighted by Crippen LogP contribution is 2.36. The molecular formula is C11H19N3S2. The van der Waals surface area contributed by atoms with E-state index in [1.54, 1.807) is 0 Å². The number of nitrogens with zero attached hydrogens (tertiary/aromatic N) is 2. The summed E-state index contributed by atoms with van der Waals surface area (Å²) in [6.45, 7) is 2.14. The molecule has 1 aliphatic rings. The van der Waals surface area contributed by atoms with Crippen LogP contribution in [0.4, 0.5) is 0 Å². The molecule has 1 aliphatic carbocycles. The highest BCUT2D eigenvalue weighted by Gasteiger charge is 2.27. The number of hydrogen-bond acceptors (Lipinski definition) is 3. The number of thioether (sulfide) groups is 1. The highest BCUT2D eigenvalue weighted by molar-refractivity contribution is 7.99. The van der Waals surface area contributed by atoms with E-state index in [1.807, 2.05) is 11.8 Å². The lowest BCUT2D eigenvalue weighted by molar-refractivity contribution is 0.354. The van der Waals surface area contributed by atoms with Crippen LogP contribution in [0.15, 0.2) is 0 Å². The lowest BCUT2D eigenvalue weighted by Gasteiger charge is -2.31. The van der Waals surface area contributed by atoms with E-state index in [2.05, 4.69) is 27.9 Å². The van der Waals surface area contributed by atoms with Gasteiger partial charge in [-0.1, -0.05) is 19.8 Å². The average Bonchev–Trinajstić information content (AvgIpc) is 2.70. The molecule has 0 radical (unpaired) electrons. The molecule has 90 valence electrons. The lowest BCUT2D eigenvalue weighted by atomic mass is 9.94. The molecule has 5 heteroatoms.